The standard InChI is InChI=1S/C24H26Cl2N2O2/c1-27(24(30)17-6-3-2-4-7-17)20-14-18-11-12-19(15-20)28(18)22(29)13-10-16-8-5-9-21(25)23(16)26/h2-9,18-20H,10-15H2,1H3. The first-order valence-electron chi connectivity index (χ1n) is 10.5. The average molecular weight is 445 g/mol. The van der Waals surface area contributed by atoms with Crippen molar-refractivity contribution < 1.29 is 9.59 Å². The smallest absolute Gasteiger partial charge is 0.253 e. The van der Waals surface area contributed by atoms with Crippen LogP contribution in [0.2, 0.25) is 10.0 Å². The highest BCUT2D eigenvalue weighted by atomic mass is 35.5. The average Bonchev–Trinajstić information content (AvgIpc) is 3.03. The molecule has 0 aromatic heterocycles. The maximum Gasteiger partial charge on any atom is 0.253 e. The van der Waals surface area contributed by atoms with Crippen molar-refractivity contribution in [2.45, 2.75) is 56.7 Å². The Morgan fingerprint density at radius 1 is 1.00 bits per heavy atom. The van der Waals surface area contributed by atoms with E-state index >= 15 is 0 Å². The van der Waals surface area contributed by atoms with E-state index in [0.29, 0.717) is 28.5 Å². The molecule has 0 N–H and O–H groups in total. The number of hydrogen-bond acceptors (Lipinski definition) is 2. The summed E-state index contributed by atoms with van der Waals surface area (Å²) in [7, 11) is 1.89. The van der Waals surface area contributed by atoms with Gasteiger partial charge >= 0.3 is 0 Å². The summed E-state index contributed by atoms with van der Waals surface area (Å²) in [6.07, 6.45) is 4.72. The van der Waals surface area contributed by atoms with E-state index in [1.165, 1.54) is 0 Å². The van der Waals surface area contributed by atoms with Crippen molar-refractivity contribution in [1.29, 1.82) is 0 Å². The normalized spacial score (nSPS) is 22.8. The quantitative estimate of drug-likeness (QED) is 0.633. The van der Waals surface area contributed by atoms with Gasteiger partial charge < -0.3 is 9.80 Å². The van der Waals surface area contributed by atoms with Gasteiger partial charge in [0.15, 0.2) is 0 Å². The van der Waals surface area contributed by atoms with E-state index in [9.17, 15) is 9.59 Å². The second-order valence-corrected chi connectivity index (χ2v) is 9.09. The number of halogens is 2. The highest BCUT2D eigenvalue weighted by Gasteiger charge is 2.44. The van der Waals surface area contributed by atoms with Gasteiger partial charge in [-0.25, -0.2) is 0 Å². The van der Waals surface area contributed by atoms with E-state index in [1.807, 2.05) is 54.4 Å². The molecule has 0 saturated carbocycles. The van der Waals surface area contributed by atoms with Crippen LogP contribution >= 0.6 is 23.2 Å². The van der Waals surface area contributed by atoms with Gasteiger partial charge in [0.2, 0.25) is 5.91 Å². The zero-order chi connectivity index (χ0) is 21.3. The molecule has 0 aliphatic carbocycles. The molecule has 2 atom stereocenters. The van der Waals surface area contributed by atoms with Gasteiger partial charge in [0, 0.05) is 37.2 Å². The molecule has 2 unspecified atom stereocenters. The number of carbonyl (C=O) groups is 2. The summed E-state index contributed by atoms with van der Waals surface area (Å²) in [6, 6.07) is 15.5. The fourth-order valence-electron chi connectivity index (χ4n) is 4.93. The highest BCUT2D eigenvalue weighted by molar-refractivity contribution is 6.42. The number of fused-ring (bicyclic) bond motifs is 2. The topological polar surface area (TPSA) is 40.6 Å². The Balaban J connectivity index is 1.38. The molecule has 4 nitrogen and oxygen atoms in total. The van der Waals surface area contributed by atoms with Crippen molar-refractivity contribution >= 4 is 35.0 Å². The third kappa shape index (κ3) is 4.21. The van der Waals surface area contributed by atoms with Crippen LogP contribution in [0.5, 0.6) is 0 Å². The lowest BCUT2D eigenvalue weighted by molar-refractivity contribution is -0.136. The summed E-state index contributed by atoms with van der Waals surface area (Å²) in [5, 5.41) is 1.06. The van der Waals surface area contributed by atoms with E-state index in [-0.39, 0.29) is 29.9 Å². The minimum absolute atomic E-state index is 0.0513. The predicted molar refractivity (Wildman–Crippen MR) is 120 cm³/mol. The number of aryl methyl sites for hydroxylation is 1. The Kier molecular flexibility index (Phi) is 6.35. The van der Waals surface area contributed by atoms with Gasteiger partial charge in [0.05, 0.1) is 10.0 Å². The van der Waals surface area contributed by atoms with Crippen LogP contribution in [0.25, 0.3) is 0 Å². The Morgan fingerprint density at radius 2 is 1.67 bits per heavy atom. The number of amides is 2. The van der Waals surface area contributed by atoms with Gasteiger partial charge in [-0.3, -0.25) is 9.59 Å². The first-order chi connectivity index (χ1) is 14.5. The molecule has 0 spiro atoms. The van der Waals surface area contributed by atoms with Crippen molar-refractivity contribution in [3.05, 3.63) is 69.7 Å². The minimum Gasteiger partial charge on any atom is -0.339 e. The summed E-state index contributed by atoms with van der Waals surface area (Å²) in [5.74, 6) is 0.226. The number of benzene rings is 2. The first kappa shape index (κ1) is 21.2. The molecule has 2 heterocycles. The lowest BCUT2D eigenvalue weighted by Gasteiger charge is -2.42. The van der Waals surface area contributed by atoms with Crippen LogP contribution in [0.15, 0.2) is 48.5 Å². The second-order valence-electron chi connectivity index (χ2n) is 8.31. The fraction of sp³-hybridized carbons (Fsp3) is 0.417. The van der Waals surface area contributed by atoms with Crippen LogP contribution in [0.1, 0.15) is 48.0 Å². The van der Waals surface area contributed by atoms with Gasteiger partial charge in [-0.2, -0.15) is 0 Å². The van der Waals surface area contributed by atoms with E-state index < -0.39 is 0 Å². The molecule has 0 radical (unpaired) electrons. The summed E-state index contributed by atoms with van der Waals surface area (Å²) in [4.78, 5) is 29.8. The van der Waals surface area contributed by atoms with Gasteiger partial charge in [0.1, 0.15) is 0 Å². The number of nitrogens with zero attached hydrogens (tertiary/aromatic N) is 2. The van der Waals surface area contributed by atoms with Gasteiger partial charge in [-0.1, -0.05) is 53.5 Å². The molecule has 2 fully saturated rings. The third-order valence-corrected chi connectivity index (χ3v) is 7.38. The molecule has 158 valence electrons. The Morgan fingerprint density at radius 3 is 2.33 bits per heavy atom. The van der Waals surface area contributed by atoms with E-state index in [0.717, 1.165) is 31.2 Å². The van der Waals surface area contributed by atoms with Crippen LogP contribution in [-0.2, 0) is 11.2 Å². The van der Waals surface area contributed by atoms with Crippen molar-refractivity contribution in [3.8, 4) is 0 Å². The molecule has 2 aromatic carbocycles. The third-order valence-electron chi connectivity index (χ3n) is 6.52. The molecule has 2 amide bonds. The fourth-order valence-corrected chi connectivity index (χ4v) is 5.35. The molecule has 2 aromatic rings. The number of hydrogen-bond donors (Lipinski definition) is 0. The Hall–Kier alpha value is -2.04. The summed E-state index contributed by atoms with van der Waals surface area (Å²) in [5.41, 5.74) is 1.62. The molecular weight excluding hydrogens is 419 g/mol. The van der Waals surface area contributed by atoms with Gasteiger partial charge in [0.25, 0.3) is 5.91 Å². The summed E-state index contributed by atoms with van der Waals surface area (Å²) >= 11 is 12.4. The molecule has 2 aliphatic rings. The predicted octanol–water partition coefficient (Wildman–Crippen LogP) is 5.22. The number of rotatable bonds is 5. The van der Waals surface area contributed by atoms with E-state index in [4.69, 9.17) is 23.2 Å². The zero-order valence-corrected chi connectivity index (χ0v) is 18.6. The summed E-state index contributed by atoms with van der Waals surface area (Å²) in [6.45, 7) is 0. The van der Waals surface area contributed by atoms with Crippen molar-refractivity contribution in [1.82, 2.24) is 9.80 Å². The largest absolute Gasteiger partial charge is 0.339 e. The Bertz CT molecular complexity index is 920. The van der Waals surface area contributed by atoms with E-state index in [1.54, 1.807) is 6.07 Å². The molecular formula is C24H26Cl2N2O2. The molecule has 6 heteroatoms. The first-order valence-corrected chi connectivity index (χ1v) is 11.3. The van der Waals surface area contributed by atoms with Gasteiger partial charge in [-0.15, -0.1) is 0 Å². The minimum atomic E-state index is 0.0513. The van der Waals surface area contributed by atoms with Gasteiger partial charge in [-0.05, 0) is 55.9 Å². The molecule has 2 saturated heterocycles. The maximum absolute atomic E-state index is 13.0. The maximum atomic E-state index is 13.0. The second kappa shape index (κ2) is 8.99. The van der Waals surface area contributed by atoms with Crippen LogP contribution < -0.4 is 0 Å². The Labute approximate surface area is 187 Å². The molecule has 30 heavy (non-hydrogen) atoms. The van der Waals surface area contributed by atoms with Crippen LogP contribution in [0, 0.1) is 0 Å². The van der Waals surface area contributed by atoms with Crippen LogP contribution in [0.3, 0.4) is 0 Å². The number of carbonyl (C=O) groups excluding carboxylic acids is 2. The highest BCUT2D eigenvalue weighted by Crippen LogP contribution is 2.38. The van der Waals surface area contributed by atoms with Crippen LogP contribution in [0.4, 0.5) is 0 Å². The molecule has 2 aliphatic heterocycles. The summed E-state index contributed by atoms with van der Waals surface area (Å²) < 4.78 is 0. The van der Waals surface area contributed by atoms with Crippen molar-refractivity contribution in [2.24, 2.45) is 0 Å². The van der Waals surface area contributed by atoms with Crippen molar-refractivity contribution in [2.75, 3.05) is 7.05 Å². The lowest BCUT2D eigenvalue weighted by Crippen LogP contribution is -2.52. The molecule has 4 rings (SSSR count). The monoisotopic (exact) mass is 444 g/mol. The molecule has 2 bridgehead atoms. The zero-order valence-electron chi connectivity index (χ0n) is 17.1. The van der Waals surface area contributed by atoms with Crippen molar-refractivity contribution in [3.63, 3.8) is 0 Å². The lowest BCUT2D eigenvalue weighted by atomic mass is 9.94. The van der Waals surface area contributed by atoms with Crippen LogP contribution in [-0.4, -0.2) is 46.8 Å². The number of piperidine rings is 1. The van der Waals surface area contributed by atoms with E-state index in [2.05, 4.69) is 4.90 Å². The SMILES string of the molecule is CN(C(=O)c1ccccc1)C1CC2CCC(C1)N2C(=O)CCc1cccc(Cl)c1Cl.